The second-order valence-corrected chi connectivity index (χ2v) is 3.36. The summed E-state index contributed by atoms with van der Waals surface area (Å²) in [5, 5.41) is 3.77. The van der Waals surface area contributed by atoms with Crippen LogP contribution in [0.25, 0.3) is 0 Å². The van der Waals surface area contributed by atoms with Gasteiger partial charge in [-0.3, -0.25) is 9.80 Å². The third kappa shape index (κ3) is 2.97. The molecule has 0 aromatic heterocycles. The summed E-state index contributed by atoms with van der Waals surface area (Å²) in [6.45, 7) is 2.16. The lowest BCUT2D eigenvalue weighted by atomic mass is 10.2. The number of ether oxygens (including phenoxy) is 1. The molecule has 76 valence electrons. The molecule has 0 saturated carbocycles. The van der Waals surface area contributed by atoms with Crippen LogP contribution in [-0.4, -0.2) is 49.8 Å². The summed E-state index contributed by atoms with van der Waals surface area (Å²) in [6.07, 6.45) is 3.65. The fourth-order valence-electron chi connectivity index (χ4n) is 1.55. The predicted octanol–water partition coefficient (Wildman–Crippen LogP) is 0.492. The number of hydrazine groups is 1. The van der Waals surface area contributed by atoms with Crippen LogP contribution in [0, 0.1) is 0 Å². The molecule has 1 fully saturated rings. The van der Waals surface area contributed by atoms with Crippen LogP contribution in [0.1, 0.15) is 19.3 Å². The zero-order chi connectivity index (χ0) is 9.68. The van der Waals surface area contributed by atoms with Crippen LogP contribution in [0.2, 0.25) is 0 Å². The molecule has 0 atom stereocenters. The van der Waals surface area contributed by atoms with E-state index in [-0.39, 0.29) is 12.5 Å². The Labute approximate surface area is 79.4 Å². The summed E-state index contributed by atoms with van der Waals surface area (Å²) in [5.41, 5.74) is 0. The van der Waals surface area contributed by atoms with E-state index in [1.165, 1.54) is 19.3 Å². The van der Waals surface area contributed by atoms with Gasteiger partial charge in [0, 0.05) is 27.2 Å². The number of carbonyl (C=O) groups excluding carboxylic acids is 1. The Bertz CT molecular complexity index is 167. The predicted molar refractivity (Wildman–Crippen MR) is 50.1 cm³/mol. The number of likely N-dealkylation sites (N-methyl/N-ethyl adjacent to an activating group) is 1. The topological polar surface area (TPSA) is 32.8 Å². The lowest BCUT2D eigenvalue weighted by Gasteiger charge is -2.34. The number of rotatable bonds is 3. The highest BCUT2D eigenvalue weighted by atomic mass is 16.5. The first-order valence-corrected chi connectivity index (χ1v) is 4.76. The molecule has 0 aromatic carbocycles. The SMILES string of the molecule is COCC(=O)N(C)N1CCCCC1. The van der Waals surface area contributed by atoms with Gasteiger partial charge in [-0.2, -0.15) is 0 Å². The van der Waals surface area contributed by atoms with Crippen molar-refractivity contribution >= 4 is 5.91 Å². The first-order valence-electron chi connectivity index (χ1n) is 4.76. The Morgan fingerprint density at radius 3 is 2.54 bits per heavy atom. The lowest BCUT2D eigenvalue weighted by molar-refractivity contribution is -0.151. The Balaban J connectivity index is 2.35. The van der Waals surface area contributed by atoms with Crippen molar-refractivity contribution in [3.63, 3.8) is 0 Å². The standard InChI is InChI=1S/C9H18N2O2/c1-10(9(12)8-13-2)11-6-4-3-5-7-11/h3-8H2,1-2H3. The molecule has 0 aliphatic carbocycles. The van der Waals surface area contributed by atoms with Crippen LogP contribution in [0.5, 0.6) is 0 Å². The third-order valence-electron chi connectivity index (χ3n) is 2.39. The van der Waals surface area contributed by atoms with Crippen LogP contribution < -0.4 is 0 Å². The Morgan fingerprint density at radius 2 is 2.00 bits per heavy atom. The van der Waals surface area contributed by atoms with E-state index in [0.29, 0.717) is 0 Å². The third-order valence-corrected chi connectivity index (χ3v) is 2.39. The summed E-state index contributed by atoms with van der Waals surface area (Å²) < 4.78 is 4.80. The van der Waals surface area contributed by atoms with Crippen LogP contribution in [0.4, 0.5) is 0 Å². The van der Waals surface area contributed by atoms with Gasteiger partial charge in [0.15, 0.2) is 0 Å². The normalized spacial score (nSPS) is 18.6. The second kappa shape index (κ2) is 5.19. The first-order chi connectivity index (χ1) is 6.25. The molecular formula is C9H18N2O2. The molecule has 0 spiro atoms. The van der Waals surface area contributed by atoms with Crippen molar-refractivity contribution in [2.75, 3.05) is 33.9 Å². The van der Waals surface area contributed by atoms with Crippen LogP contribution in [0.15, 0.2) is 0 Å². The van der Waals surface area contributed by atoms with Gasteiger partial charge in [0.05, 0.1) is 0 Å². The summed E-state index contributed by atoms with van der Waals surface area (Å²) in [6, 6.07) is 0. The van der Waals surface area contributed by atoms with Crippen molar-refractivity contribution in [1.82, 2.24) is 10.0 Å². The molecule has 0 radical (unpaired) electrons. The minimum Gasteiger partial charge on any atom is -0.375 e. The van der Waals surface area contributed by atoms with Gasteiger partial charge in [-0.15, -0.1) is 0 Å². The Hall–Kier alpha value is -0.610. The monoisotopic (exact) mass is 186 g/mol. The Kier molecular flexibility index (Phi) is 4.18. The molecule has 1 aliphatic heterocycles. The van der Waals surface area contributed by atoms with E-state index in [1.54, 1.807) is 12.1 Å². The molecule has 0 bridgehead atoms. The zero-order valence-electron chi connectivity index (χ0n) is 8.45. The molecule has 1 saturated heterocycles. The van der Waals surface area contributed by atoms with Gasteiger partial charge in [-0.05, 0) is 12.8 Å². The number of methoxy groups -OCH3 is 1. The minimum absolute atomic E-state index is 0.0319. The van der Waals surface area contributed by atoms with Crippen molar-refractivity contribution in [3.05, 3.63) is 0 Å². The van der Waals surface area contributed by atoms with Crippen molar-refractivity contribution < 1.29 is 9.53 Å². The molecule has 1 rings (SSSR count). The van der Waals surface area contributed by atoms with Gasteiger partial charge in [-0.1, -0.05) is 6.42 Å². The number of amides is 1. The summed E-state index contributed by atoms with van der Waals surface area (Å²) in [4.78, 5) is 11.4. The average Bonchev–Trinajstić information content (AvgIpc) is 2.18. The molecule has 0 N–H and O–H groups in total. The fraction of sp³-hybridized carbons (Fsp3) is 0.889. The van der Waals surface area contributed by atoms with E-state index in [4.69, 9.17) is 4.74 Å². The number of hydrogen-bond donors (Lipinski definition) is 0. The largest absolute Gasteiger partial charge is 0.375 e. The number of carbonyl (C=O) groups is 1. The van der Waals surface area contributed by atoms with Gasteiger partial charge < -0.3 is 4.74 Å². The molecule has 4 heteroatoms. The van der Waals surface area contributed by atoms with E-state index in [9.17, 15) is 4.79 Å². The van der Waals surface area contributed by atoms with Gasteiger partial charge in [0.2, 0.25) is 0 Å². The van der Waals surface area contributed by atoms with Crippen molar-refractivity contribution in [1.29, 1.82) is 0 Å². The molecule has 0 aromatic rings. The highest BCUT2D eigenvalue weighted by Gasteiger charge is 2.18. The van der Waals surface area contributed by atoms with Gasteiger partial charge in [0.25, 0.3) is 5.91 Å². The molecule has 1 aliphatic rings. The van der Waals surface area contributed by atoms with E-state index in [2.05, 4.69) is 5.01 Å². The number of hydrogen-bond acceptors (Lipinski definition) is 3. The van der Waals surface area contributed by atoms with Crippen molar-refractivity contribution in [2.45, 2.75) is 19.3 Å². The van der Waals surface area contributed by atoms with Gasteiger partial charge >= 0.3 is 0 Å². The average molecular weight is 186 g/mol. The quantitative estimate of drug-likeness (QED) is 0.643. The maximum absolute atomic E-state index is 11.4. The van der Waals surface area contributed by atoms with Crippen LogP contribution >= 0.6 is 0 Å². The fourth-order valence-corrected chi connectivity index (χ4v) is 1.55. The van der Waals surface area contributed by atoms with E-state index < -0.39 is 0 Å². The lowest BCUT2D eigenvalue weighted by Crippen LogP contribution is -2.47. The molecule has 1 amide bonds. The molecule has 1 heterocycles. The maximum Gasteiger partial charge on any atom is 0.262 e. The van der Waals surface area contributed by atoms with Crippen LogP contribution in [0.3, 0.4) is 0 Å². The zero-order valence-corrected chi connectivity index (χ0v) is 8.45. The highest BCUT2D eigenvalue weighted by molar-refractivity contribution is 5.76. The van der Waals surface area contributed by atoms with Crippen molar-refractivity contribution in [2.24, 2.45) is 0 Å². The minimum atomic E-state index is 0.0319. The molecule has 0 unspecified atom stereocenters. The number of nitrogens with zero attached hydrogens (tertiary/aromatic N) is 2. The Morgan fingerprint density at radius 1 is 1.38 bits per heavy atom. The van der Waals surface area contributed by atoms with E-state index in [1.807, 2.05) is 7.05 Å². The smallest absolute Gasteiger partial charge is 0.262 e. The maximum atomic E-state index is 11.4. The molecule has 13 heavy (non-hydrogen) atoms. The number of piperidine rings is 1. The first kappa shape index (κ1) is 10.5. The summed E-state index contributed by atoms with van der Waals surface area (Å²) in [7, 11) is 3.36. The van der Waals surface area contributed by atoms with Crippen LogP contribution in [-0.2, 0) is 9.53 Å². The van der Waals surface area contributed by atoms with Crippen molar-refractivity contribution in [3.8, 4) is 0 Å². The highest BCUT2D eigenvalue weighted by Crippen LogP contribution is 2.10. The summed E-state index contributed by atoms with van der Waals surface area (Å²) in [5.74, 6) is 0.0319. The van der Waals surface area contributed by atoms with Gasteiger partial charge in [0.1, 0.15) is 6.61 Å². The molecular weight excluding hydrogens is 168 g/mol. The van der Waals surface area contributed by atoms with E-state index >= 15 is 0 Å². The van der Waals surface area contributed by atoms with E-state index in [0.717, 1.165) is 13.1 Å². The summed E-state index contributed by atoms with van der Waals surface area (Å²) >= 11 is 0. The van der Waals surface area contributed by atoms with Gasteiger partial charge in [-0.25, -0.2) is 5.01 Å². The molecule has 4 nitrogen and oxygen atoms in total. The second-order valence-electron chi connectivity index (χ2n) is 3.36.